The predicted molar refractivity (Wildman–Crippen MR) is 78.5 cm³/mol. The van der Waals surface area contributed by atoms with Gasteiger partial charge in [0, 0.05) is 13.6 Å². The third kappa shape index (κ3) is 3.79. The van der Waals surface area contributed by atoms with Crippen LogP contribution in [0, 0.1) is 17.1 Å². The highest BCUT2D eigenvalue weighted by Gasteiger charge is 2.19. The van der Waals surface area contributed by atoms with E-state index < -0.39 is 5.82 Å². The third-order valence-corrected chi connectivity index (χ3v) is 3.79. The lowest BCUT2D eigenvalue weighted by Gasteiger charge is -2.22. The van der Waals surface area contributed by atoms with Crippen LogP contribution < -0.4 is 4.90 Å². The molecule has 0 aliphatic rings. The number of hydrogen-bond acceptors (Lipinski definition) is 6. The summed E-state index contributed by atoms with van der Waals surface area (Å²) in [6, 6.07) is 7.95. The molecule has 1 heterocycles. The van der Waals surface area contributed by atoms with E-state index in [1.54, 1.807) is 19.2 Å². The van der Waals surface area contributed by atoms with Crippen LogP contribution in [0.2, 0.25) is 0 Å². The Morgan fingerprint density at radius 2 is 2.27 bits per heavy atom. The van der Waals surface area contributed by atoms with Gasteiger partial charge >= 0.3 is 0 Å². The number of nitrogens with zero attached hydrogens (tertiary/aromatic N) is 6. The van der Waals surface area contributed by atoms with Crippen molar-refractivity contribution in [3.8, 4) is 6.07 Å². The van der Waals surface area contributed by atoms with Crippen molar-refractivity contribution < 1.29 is 9.18 Å². The minimum absolute atomic E-state index is 0.0496. The number of carbonyl (C=O) groups excluding carboxylic acids is 1. The second-order valence-electron chi connectivity index (χ2n) is 4.28. The summed E-state index contributed by atoms with van der Waals surface area (Å²) in [7, 11) is 1.66. The predicted octanol–water partition coefficient (Wildman–Crippen LogP) is 1.39. The number of hydrogen-bond donors (Lipinski definition) is 0. The molecule has 0 spiro atoms. The molecule has 1 amide bonds. The summed E-state index contributed by atoms with van der Waals surface area (Å²) in [5, 5.41) is 20.1. The van der Waals surface area contributed by atoms with Crippen molar-refractivity contribution in [3.63, 3.8) is 0 Å². The molecule has 0 saturated heterocycles. The van der Waals surface area contributed by atoms with E-state index in [4.69, 9.17) is 5.26 Å². The minimum atomic E-state index is -0.501. The van der Waals surface area contributed by atoms with Crippen LogP contribution in [0.4, 0.5) is 10.1 Å². The van der Waals surface area contributed by atoms with Crippen molar-refractivity contribution >= 4 is 23.4 Å². The number of para-hydroxylation sites is 1. The smallest absolute Gasteiger partial charge is 0.237 e. The van der Waals surface area contributed by atoms with Crippen molar-refractivity contribution in [1.82, 2.24) is 20.2 Å². The summed E-state index contributed by atoms with van der Waals surface area (Å²) >= 11 is 1.15. The highest BCUT2D eigenvalue weighted by atomic mass is 32.2. The number of carbonyl (C=O) groups is 1. The lowest BCUT2D eigenvalue weighted by molar-refractivity contribution is -0.116. The molecule has 1 aromatic heterocycles. The fourth-order valence-corrected chi connectivity index (χ4v) is 2.49. The zero-order valence-electron chi connectivity index (χ0n) is 11.8. The van der Waals surface area contributed by atoms with Gasteiger partial charge in [-0.2, -0.15) is 5.26 Å². The van der Waals surface area contributed by atoms with Gasteiger partial charge in [-0.3, -0.25) is 4.79 Å². The Morgan fingerprint density at radius 1 is 1.50 bits per heavy atom. The molecule has 0 aliphatic heterocycles. The van der Waals surface area contributed by atoms with E-state index in [0.717, 1.165) is 11.8 Å². The van der Waals surface area contributed by atoms with E-state index in [9.17, 15) is 9.18 Å². The normalized spacial score (nSPS) is 10.2. The summed E-state index contributed by atoms with van der Waals surface area (Å²) in [6.07, 6.45) is 0.121. The van der Waals surface area contributed by atoms with Crippen molar-refractivity contribution in [2.24, 2.45) is 7.05 Å². The SMILES string of the molecule is Cn1nnnc1SCC(=O)N(CCC#N)c1ccccc1F. The first-order valence-electron chi connectivity index (χ1n) is 6.40. The van der Waals surface area contributed by atoms with Crippen LogP contribution in [-0.2, 0) is 11.8 Å². The Bertz CT molecular complexity index is 698. The molecule has 0 fully saturated rings. The molecule has 0 aliphatic carbocycles. The molecule has 0 bridgehead atoms. The van der Waals surface area contributed by atoms with Crippen molar-refractivity contribution in [3.05, 3.63) is 30.1 Å². The van der Waals surface area contributed by atoms with Gasteiger partial charge in [0.2, 0.25) is 11.1 Å². The molecule has 114 valence electrons. The standard InChI is InChI=1S/C13H13FN6OS/c1-19-13(16-17-18-19)22-9-12(21)20(8-4-7-15)11-6-3-2-5-10(11)14/h2-3,5-6H,4,8-9H2,1H3. The van der Waals surface area contributed by atoms with E-state index in [1.807, 2.05) is 6.07 Å². The Morgan fingerprint density at radius 3 is 2.91 bits per heavy atom. The number of tetrazole rings is 1. The van der Waals surface area contributed by atoms with Gasteiger partial charge in [0.1, 0.15) is 5.82 Å². The van der Waals surface area contributed by atoms with Crippen LogP contribution in [0.25, 0.3) is 0 Å². The summed E-state index contributed by atoms with van der Waals surface area (Å²) in [5.74, 6) is -0.763. The summed E-state index contributed by atoms with van der Waals surface area (Å²) in [5.41, 5.74) is 0.166. The van der Waals surface area contributed by atoms with Crippen molar-refractivity contribution in [2.75, 3.05) is 17.2 Å². The summed E-state index contributed by atoms with van der Waals surface area (Å²) in [6.45, 7) is 0.133. The van der Waals surface area contributed by atoms with Crippen molar-refractivity contribution in [1.29, 1.82) is 5.26 Å². The minimum Gasteiger partial charge on any atom is -0.308 e. The molecule has 0 saturated carbocycles. The number of nitriles is 1. The van der Waals surface area contributed by atoms with Crippen LogP contribution in [0.15, 0.2) is 29.4 Å². The maximum Gasteiger partial charge on any atom is 0.237 e. The number of rotatable bonds is 6. The highest BCUT2D eigenvalue weighted by molar-refractivity contribution is 7.99. The van der Waals surface area contributed by atoms with Gasteiger partial charge in [0.05, 0.1) is 23.9 Å². The lowest BCUT2D eigenvalue weighted by atomic mass is 10.2. The largest absolute Gasteiger partial charge is 0.308 e. The Hall–Kier alpha value is -2.47. The first-order chi connectivity index (χ1) is 10.6. The topological polar surface area (TPSA) is 87.7 Å². The van der Waals surface area contributed by atoms with Crippen molar-refractivity contribution in [2.45, 2.75) is 11.6 Å². The summed E-state index contributed by atoms with van der Waals surface area (Å²) in [4.78, 5) is 13.6. The highest BCUT2D eigenvalue weighted by Crippen LogP contribution is 2.21. The molecule has 7 nitrogen and oxygen atoms in total. The first-order valence-corrected chi connectivity index (χ1v) is 7.39. The van der Waals surface area contributed by atoms with Crippen LogP contribution in [-0.4, -0.2) is 38.4 Å². The van der Waals surface area contributed by atoms with Crippen LogP contribution in [0.3, 0.4) is 0 Å². The van der Waals surface area contributed by atoms with Gasteiger partial charge in [-0.15, -0.1) is 5.10 Å². The van der Waals surface area contributed by atoms with Gasteiger partial charge < -0.3 is 4.90 Å². The fourth-order valence-electron chi connectivity index (χ4n) is 1.76. The van der Waals surface area contributed by atoms with Gasteiger partial charge in [-0.1, -0.05) is 23.9 Å². The molecule has 0 radical (unpaired) electrons. The lowest BCUT2D eigenvalue weighted by Crippen LogP contribution is -2.34. The molecule has 0 atom stereocenters. The number of aryl methyl sites for hydroxylation is 1. The quantitative estimate of drug-likeness (QED) is 0.747. The summed E-state index contributed by atoms with van der Waals surface area (Å²) < 4.78 is 15.3. The molecule has 2 aromatic rings. The zero-order chi connectivity index (χ0) is 15.9. The zero-order valence-corrected chi connectivity index (χ0v) is 12.6. The molecule has 0 unspecified atom stereocenters. The fraction of sp³-hybridized carbons (Fsp3) is 0.308. The Kier molecular flexibility index (Phi) is 5.43. The molecule has 22 heavy (non-hydrogen) atoms. The average molecular weight is 320 g/mol. The second kappa shape index (κ2) is 7.51. The molecule has 9 heteroatoms. The van der Waals surface area contributed by atoms with E-state index in [2.05, 4.69) is 15.5 Å². The van der Waals surface area contributed by atoms with E-state index in [0.29, 0.717) is 5.16 Å². The maximum atomic E-state index is 13.9. The molecule has 2 rings (SSSR count). The molecular formula is C13H13FN6OS. The van der Waals surface area contributed by atoms with Gasteiger partial charge in [-0.05, 0) is 22.6 Å². The number of halogens is 1. The number of thioether (sulfide) groups is 1. The molecule has 1 aromatic carbocycles. The van der Waals surface area contributed by atoms with E-state index in [-0.39, 0.29) is 30.3 Å². The Balaban J connectivity index is 2.11. The number of aromatic nitrogens is 4. The van der Waals surface area contributed by atoms with E-state index >= 15 is 0 Å². The monoisotopic (exact) mass is 320 g/mol. The molecule has 0 N–H and O–H groups in total. The van der Waals surface area contributed by atoms with E-state index in [1.165, 1.54) is 21.7 Å². The van der Waals surface area contributed by atoms with Gasteiger partial charge in [0.25, 0.3) is 0 Å². The van der Waals surface area contributed by atoms with Crippen LogP contribution in [0.5, 0.6) is 0 Å². The van der Waals surface area contributed by atoms with Crippen LogP contribution in [0.1, 0.15) is 6.42 Å². The Labute approximate surface area is 130 Å². The van der Waals surface area contributed by atoms with Crippen LogP contribution >= 0.6 is 11.8 Å². The number of amides is 1. The first kappa shape index (κ1) is 15.9. The maximum absolute atomic E-state index is 13.9. The van der Waals surface area contributed by atoms with Gasteiger partial charge in [0.15, 0.2) is 0 Å². The second-order valence-corrected chi connectivity index (χ2v) is 5.22. The third-order valence-electron chi connectivity index (χ3n) is 2.80. The molecular weight excluding hydrogens is 307 g/mol. The number of benzene rings is 1. The average Bonchev–Trinajstić information content (AvgIpc) is 2.92. The van der Waals surface area contributed by atoms with Gasteiger partial charge in [-0.25, -0.2) is 9.07 Å². The number of anilines is 1.